The number of allylic oxidation sites excluding steroid dienone is 1. The van der Waals surface area contributed by atoms with Crippen LogP contribution >= 0.6 is 0 Å². The van der Waals surface area contributed by atoms with Crippen molar-refractivity contribution in [2.75, 3.05) is 26.2 Å². The highest BCUT2D eigenvalue weighted by molar-refractivity contribution is 5.96. The molecule has 0 radical (unpaired) electrons. The third kappa shape index (κ3) is 4.45. The number of piperazine rings is 1. The number of aromatic nitrogens is 1. The molecule has 0 spiro atoms. The van der Waals surface area contributed by atoms with Crippen LogP contribution in [-0.4, -0.2) is 58.7 Å². The zero-order valence-corrected chi connectivity index (χ0v) is 19.5. The quantitative estimate of drug-likeness (QED) is 0.639. The summed E-state index contributed by atoms with van der Waals surface area (Å²) in [5.41, 5.74) is 12.4. The molecule has 2 heterocycles. The van der Waals surface area contributed by atoms with Gasteiger partial charge in [-0.15, -0.1) is 0 Å². The third-order valence-electron chi connectivity index (χ3n) is 6.70. The van der Waals surface area contributed by atoms with Gasteiger partial charge < -0.3 is 15.5 Å². The van der Waals surface area contributed by atoms with Gasteiger partial charge in [-0.05, 0) is 47.0 Å². The summed E-state index contributed by atoms with van der Waals surface area (Å²) in [7, 11) is 0. The van der Waals surface area contributed by atoms with E-state index in [0.29, 0.717) is 37.3 Å². The van der Waals surface area contributed by atoms with Crippen LogP contribution in [0.4, 0.5) is 0 Å². The highest BCUT2D eigenvalue weighted by Gasteiger charge is 2.24. The molecule has 1 aliphatic heterocycles. The molecule has 1 aromatic heterocycles. The Balaban J connectivity index is 1.38. The zero-order valence-electron chi connectivity index (χ0n) is 19.5. The van der Waals surface area contributed by atoms with Gasteiger partial charge in [0.1, 0.15) is 0 Å². The summed E-state index contributed by atoms with van der Waals surface area (Å²) >= 11 is 0. The molecule has 2 aromatic carbocycles. The van der Waals surface area contributed by atoms with Gasteiger partial charge in [-0.1, -0.05) is 30.3 Å². The minimum atomic E-state index is -0.448. The molecule has 0 saturated carbocycles. The number of amides is 3. The lowest BCUT2D eigenvalue weighted by atomic mass is 9.96. The first-order chi connectivity index (χ1) is 16.9. The average molecular weight is 467 g/mol. The molecule has 3 amide bonds. The Labute approximate surface area is 203 Å². The number of pyridine rings is 1. The Morgan fingerprint density at radius 3 is 2.23 bits per heavy atom. The normalized spacial score (nSPS) is 14.9. The van der Waals surface area contributed by atoms with Crippen LogP contribution in [0, 0.1) is 0 Å². The average Bonchev–Trinajstić information content (AvgIpc) is 3.32. The van der Waals surface area contributed by atoms with Crippen LogP contribution in [0.25, 0.3) is 16.7 Å². The predicted molar refractivity (Wildman–Crippen MR) is 134 cm³/mol. The fourth-order valence-electron chi connectivity index (χ4n) is 4.68. The van der Waals surface area contributed by atoms with E-state index in [1.165, 1.54) is 0 Å². The first-order valence-electron chi connectivity index (χ1n) is 11.7. The standard InChI is InChI=1S/C28H26N4O3/c1-18(33)31-11-13-32(14-12-31)28(35)22-4-2-3-21(15-22)23-16-25-24(9-10-26(25)30-17-23)19-5-7-20(8-6-19)27(29)34/h2-9,15-17H,10-14H2,1H3,(H2,29,34). The summed E-state index contributed by atoms with van der Waals surface area (Å²) in [6.45, 7) is 3.75. The largest absolute Gasteiger partial charge is 0.366 e. The molecule has 7 heteroatoms. The number of primary amides is 1. The van der Waals surface area contributed by atoms with Crippen LogP contribution in [0.2, 0.25) is 0 Å². The molecule has 0 unspecified atom stereocenters. The molecule has 2 N–H and O–H groups in total. The lowest BCUT2D eigenvalue weighted by Crippen LogP contribution is -2.50. The Morgan fingerprint density at radius 2 is 1.54 bits per heavy atom. The summed E-state index contributed by atoms with van der Waals surface area (Å²) in [4.78, 5) is 44.4. The molecule has 176 valence electrons. The van der Waals surface area contributed by atoms with E-state index in [0.717, 1.165) is 39.9 Å². The summed E-state index contributed by atoms with van der Waals surface area (Å²) in [6, 6.07) is 17.0. The second-order valence-corrected chi connectivity index (χ2v) is 8.86. The third-order valence-corrected chi connectivity index (χ3v) is 6.70. The Kier molecular flexibility index (Phi) is 5.91. The van der Waals surface area contributed by atoms with Gasteiger partial charge in [0.25, 0.3) is 5.91 Å². The monoisotopic (exact) mass is 466 g/mol. The molecular weight excluding hydrogens is 440 g/mol. The summed E-state index contributed by atoms with van der Waals surface area (Å²) < 4.78 is 0. The van der Waals surface area contributed by atoms with Crippen molar-refractivity contribution >= 4 is 23.3 Å². The van der Waals surface area contributed by atoms with Gasteiger partial charge in [0.2, 0.25) is 11.8 Å². The van der Waals surface area contributed by atoms with E-state index in [1.807, 2.05) is 42.6 Å². The van der Waals surface area contributed by atoms with E-state index in [9.17, 15) is 14.4 Å². The number of hydrogen-bond donors (Lipinski definition) is 1. The highest BCUT2D eigenvalue weighted by Crippen LogP contribution is 2.34. The second-order valence-electron chi connectivity index (χ2n) is 8.86. The number of nitrogens with two attached hydrogens (primary N) is 1. The van der Waals surface area contributed by atoms with Gasteiger partial charge in [0.05, 0.1) is 5.69 Å². The van der Waals surface area contributed by atoms with Gasteiger partial charge in [0, 0.05) is 68.0 Å². The smallest absolute Gasteiger partial charge is 0.253 e. The van der Waals surface area contributed by atoms with Crippen molar-refractivity contribution in [3.63, 3.8) is 0 Å². The van der Waals surface area contributed by atoms with E-state index in [1.54, 1.807) is 28.9 Å². The molecule has 1 saturated heterocycles. The van der Waals surface area contributed by atoms with Crippen LogP contribution in [-0.2, 0) is 11.2 Å². The van der Waals surface area contributed by atoms with Crippen molar-refractivity contribution in [1.82, 2.24) is 14.8 Å². The lowest BCUT2D eigenvalue weighted by molar-refractivity contribution is -0.130. The Bertz CT molecular complexity index is 1350. The molecule has 35 heavy (non-hydrogen) atoms. The SMILES string of the molecule is CC(=O)N1CCN(C(=O)c2cccc(-c3cnc4c(c3)C(c3ccc(C(N)=O)cc3)=CC4)c2)CC1. The van der Waals surface area contributed by atoms with Crippen molar-refractivity contribution in [3.8, 4) is 11.1 Å². The van der Waals surface area contributed by atoms with E-state index < -0.39 is 5.91 Å². The molecule has 2 aliphatic rings. The van der Waals surface area contributed by atoms with Crippen LogP contribution in [0.1, 0.15) is 44.5 Å². The van der Waals surface area contributed by atoms with E-state index in [-0.39, 0.29) is 11.8 Å². The lowest BCUT2D eigenvalue weighted by Gasteiger charge is -2.34. The Morgan fingerprint density at radius 1 is 0.829 bits per heavy atom. The van der Waals surface area contributed by atoms with Crippen molar-refractivity contribution in [2.24, 2.45) is 5.73 Å². The van der Waals surface area contributed by atoms with Crippen molar-refractivity contribution in [3.05, 3.63) is 94.8 Å². The summed E-state index contributed by atoms with van der Waals surface area (Å²) in [5.74, 6) is -0.434. The molecule has 7 nitrogen and oxygen atoms in total. The fourth-order valence-corrected chi connectivity index (χ4v) is 4.68. The van der Waals surface area contributed by atoms with Crippen molar-refractivity contribution in [1.29, 1.82) is 0 Å². The summed E-state index contributed by atoms with van der Waals surface area (Å²) in [5, 5.41) is 0. The number of rotatable bonds is 4. The molecule has 1 aliphatic carbocycles. The predicted octanol–water partition coefficient (Wildman–Crippen LogP) is 3.14. The maximum Gasteiger partial charge on any atom is 0.253 e. The van der Waals surface area contributed by atoms with E-state index in [4.69, 9.17) is 5.73 Å². The fraction of sp³-hybridized carbons (Fsp3) is 0.214. The molecule has 1 fully saturated rings. The molecule has 0 atom stereocenters. The molecular formula is C28H26N4O3. The van der Waals surface area contributed by atoms with Gasteiger partial charge in [-0.3, -0.25) is 19.4 Å². The van der Waals surface area contributed by atoms with Crippen molar-refractivity contribution in [2.45, 2.75) is 13.3 Å². The minimum absolute atomic E-state index is 0.0284. The molecule has 0 bridgehead atoms. The van der Waals surface area contributed by atoms with Gasteiger partial charge in [-0.2, -0.15) is 0 Å². The van der Waals surface area contributed by atoms with E-state index >= 15 is 0 Å². The number of nitrogens with zero attached hydrogens (tertiary/aromatic N) is 3. The van der Waals surface area contributed by atoms with Crippen molar-refractivity contribution < 1.29 is 14.4 Å². The van der Waals surface area contributed by atoms with E-state index in [2.05, 4.69) is 17.1 Å². The van der Waals surface area contributed by atoms with Crippen LogP contribution in [0.3, 0.4) is 0 Å². The molecule has 5 rings (SSSR count). The number of carbonyl (C=O) groups excluding carboxylic acids is 3. The van der Waals surface area contributed by atoms with Crippen LogP contribution in [0.5, 0.6) is 0 Å². The number of carbonyl (C=O) groups is 3. The second kappa shape index (κ2) is 9.18. The number of hydrogen-bond acceptors (Lipinski definition) is 4. The minimum Gasteiger partial charge on any atom is -0.366 e. The number of benzene rings is 2. The van der Waals surface area contributed by atoms with Crippen LogP contribution in [0.15, 0.2) is 66.9 Å². The van der Waals surface area contributed by atoms with Gasteiger partial charge >= 0.3 is 0 Å². The maximum absolute atomic E-state index is 13.1. The maximum atomic E-state index is 13.1. The van der Waals surface area contributed by atoms with Crippen LogP contribution < -0.4 is 5.73 Å². The number of fused-ring (bicyclic) bond motifs is 1. The Hall–Kier alpha value is -4.26. The molecule has 3 aromatic rings. The topological polar surface area (TPSA) is 96.6 Å². The van der Waals surface area contributed by atoms with Gasteiger partial charge in [0.15, 0.2) is 0 Å². The zero-order chi connectivity index (χ0) is 24.5. The first kappa shape index (κ1) is 22.5. The first-order valence-corrected chi connectivity index (χ1v) is 11.7. The highest BCUT2D eigenvalue weighted by atomic mass is 16.2. The summed E-state index contributed by atoms with van der Waals surface area (Å²) in [6.07, 6.45) is 4.73. The van der Waals surface area contributed by atoms with Gasteiger partial charge in [-0.25, -0.2) is 0 Å².